The number of hydrogen-bond acceptors (Lipinski definition) is 4. The summed E-state index contributed by atoms with van der Waals surface area (Å²) in [6.07, 6.45) is 0.528. The maximum absolute atomic E-state index is 13.6. The maximum atomic E-state index is 13.6. The van der Waals surface area contributed by atoms with E-state index in [0.717, 1.165) is 12.1 Å². The zero-order valence-electron chi connectivity index (χ0n) is 9.51. The van der Waals surface area contributed by atoms with Crippen LogP contribution in [0.2, 0.25) is 0 Å². The lowest BCUT2D eigenvalue weighted by atomic mass is 10.2. The highest BCUT2D eigenvalue weighted by Gasteiger charge is 2.18. The number of likely N-dealkylation sites (N-methyl/N-ethyl adjacent to an activating group) is 1. The molecule has 0 atom stereocenters. The molecule has 0 saturated carbocycles. The molecule has 96 valence electrons. The van der Waals surface area contributed by atoms with E-state index in [0.29, 0.717) is 23.3 Å². The second kappa shape index (κ2) is 5.53. The number of nitrogens with zero attached hydrogens (tertiary/aromatic N) is 2. The summed E-state index contributed by atoms with van der Waals surface area (Å²) in [6, 6.07) is 2.30. The Labute approximate surface area is 111 Å². The number of rotatable bonds is 4. The van der Waals surface area contributed by atoms with Gasteiger partial charge in [-0.3, -0.25) is 0 Å². The molecule has 0 radical (unpaired) electrons. The van der Waals surface area contributed by atoms with E-state index in [1.54, 1.807) is 7.05 Å². The van der Waals surface area contributed by atoms with Gasteiger partial charge in [-0.15, -0.1) is 0 Å². The van der Waals surface area contributed by atoms with Crippen molar-refractivity contribution in [1.82, 2.24) is 15.5 Å². The molecule has 0 saturated heterocycles. The summed E-state index contributed by atoms with van der Waals surface area (Å²) in [4.78, 5) is 3.96. The summed E-state index contributed by atoms with van der Waals surface area (Å²) in [7, 11) is 1.79. The van der Waals surface area contributed by atoms with Gasteiger partial charge >= 0.3 is 0 Å². The molecule has 0 fully saturated rings. The summed E-state index contributed by atoms with van der Waals surface area (Å²) in [5, 5.41) is 6.58. The zero-order chi connectivity index (χ0) is 13.1. The molecule has 2 rings (SSSR count). The topological polar surface area (TPSA) is 51.0 Å². The number of benzene rings is 1. The average Bonchev–Trinajstić information content (AvgIpc) is 2.73. The van der Waals surface area contributed by atoms with E-state index in [2.05, 4.69) is 31.4 Å². The molecule has 18 heavy (non-hydrogen) atoms. The van der Waals surface area contributed by atoms with E-state index in [1.165, 1.54) is 0 Å². The predicted molar refractivity (Wildman–Crippen MR) is 65.0 cm³/mol. The van der Waals surface area contributed by atoms with E-state index < -0.39 is 11.6 Å². The smallest absolute Gasteiger partial charge is 0.263 e. The van der Waals surface area contributed by atoms with Crippen molar-refractivity contribution in [3.8, 4) is 11.5 Å². The van der Waals surface area contributed by atoms with Gasteiger partial charge in [-0.1, -0.05) is 21.1 Å². The van der Waals surface area contributed by atoms with Crippen LogP contribution in [0.15, 0.2) is 21.1 Å². The molecule has 0 spiro atoms. The van der Waals surface area contributed by atoms with Gasteiger partial charge in [-0.05, 0) is 19.2 Å². The molecule has 0 bridgehead atoms. The first kappa shape index (κ1) is 13.1. The van der Waals surface area contributed by atoms with Crippen LogP contribution >= 0.6 is 15.9 Å². The monoisotopic (exact) mass is 317 g/mol. The first-order valence-electron chi connectivity index (χ1n) is 5.24. The highest BCUT2D eigenvalue weighted by atomic mass is 79.9. The third-order valence-corrected chi connectivity index (χ3v) is 2.75. The average molecular weight is 318 g/mol. The van der Waals surface area contributed by atoms with E-state index >= 15 is 0 Å². The van der Waals surface area contributed by atoms with E-state index in [4.69, 9.17) is 4.52 Å². The van der Waals surface area contributed by atoms with Crippen LogP contribution in [0.5, 0.6) is 0 Å². The minimum absolute atomic E-state index is 0.149. The lowest BCUT2D eigenvalue weighted by Crippen LogP contribution is -2.11. The van der Waals surface area contributed by atoms with Crippen LogP contribution in [0, 0.1) is 11.6 Å². The Morgan fingerprint density at radius 2 is 2.00 bits per heavy atom. The molecule has 7 heteroatoms. The fraction of sp³-hybridized carbons (Fsp3) is 0.273. The van der Waals surface area contributed by atoms with E-state index in [9.17, 15) is 8.78 Å². The SMILES string of the molecule is CNCCc1noc(-c2c(F)cc(Br)cc2F)n1. The molecule has 0 unspecified atom stereocenters. The molecule has 1 aromatic heterocycles. The molecule has 1 N–H and O–H groups in total. The summed E-state index contributed by atoms with van der Waals surface area (Å²) < 4.78 is 32.5. The van der Waals surface area contributed by atoms with Gasteiger partial charge in [0, 0.05) is 17.4 Å². The highest BCUT2D eigenvalue weighted by molar-refractivity contribution is 9.10. The first-order chi connectivity index (χ1) is 8.61. The van der Waals surface area contributed by atoms with Gasteiger partial charge in [0.15, 0.2) is 5.82 Å². The van der Waals surface area contributed by atoms with Crippen molar-refractivity contribution in [2.45, 2.75) is 6.42 Å². The lowest BCUT2D eigenvalue weighted by molar-refractivity contribution is 0.417. The molecular formula is C11H10BrF2N3O. The van der Waals surface area contributed by atoms with Crippen LogP contribution < -0.4 is 5.32 Å². The highest BCUT2D eigenvalue weighted by Crippen LogP contribution is 2.27. The quantitative estimate of drug-likeness (QED) is 0.941. The standard InChI is InChI=1S/C11H10BrF2N3O/c1-15-3-2-9-16-11(18-17-9)10-7(13)4-6(12)5-8(10)14/h4-5,15H,2-3H2,1H3. The third kappa shape index (κ3) is 2.73. The van der Waals surface area contributed by atoms with Crippen LogP contribution in [0.4, 0.5) is 8.78 Å². The molecule has 1 heterocycles. The molecule has 1 aromatic carbocycles. The van der Waals surface area contributed by atoms with Crippen LogP contribution in [-0.4, -0.2) is 23.7 Å². The molecule has 4 nitrogen and oxygen atoms in total. The molecule has 0 aliphatic carbocycles. The van der Waals surface area contributed by atoms with Crippen molar-refractivity contribution in [3.05, 3.63) is 34.1 Å². The molecule has 0 aliphatic rings. The van der Waals surface area contributed by atoms with Crippen LogP contribution in [-0.2, 0) is 6.42 Å². The van der Waals surface area contributed by atoms with Gasteiger partial charge in [0.05, 0.1) is 0 Å². The lowest BCUT2D eigenvalue weighted by Gasteiger charge is -2.00. The summed E-state index contributed by atoms with van der Waals surface area (Å²) >= 11 is 3.00. The Balaban J connectivity index is 2.34. The second-order valence-corrected chi connectivity index (χ2v) is 4.53. The Hall–Kier alpha value is -1.34. The molecule has 0 aliphatic heterocycles. The van der Waals surface area contributed by atoms with Crippen molar-refractivity contribution >= 4 is 15.9 Å². The van der Waals surface area contributed by atoms with Crippen molar-refractivity contribution in [1.29, 1.82) is 0 Å². The maximum Gasteiger partial charge on any atom is 0.263 e. The molecular weight excluding hydrogens is 308 g/mol. The van der Waals surface area contributed by atoms with Crippen molar-refractivity contribution in [3.63, 3.8) is 0 Å². The normalized spacial score (nSPS) is 10.9. The predicted octanol–water partition coefficient (Wildman–Crippen LogP) is 2.54. The van der Waals surface area contributed by atoms with Crippen LogP contribution in [0.3, 0.4) is 0 Å². The van der Waals surface area contributed by atoms with Crippen molar-refractivity contribution in [2.24, 2.45) is 0 Å². The number of hydrogen-bond donors (Lipinski definition) is 1. The van der Waals surface area contributed by atoms with E-state index in [-0.39, 0.29) is 11.5 Å². The first-order valence-corrected chi connectivity index (χ1v) is 6.03. The summed E-state index contributed by atoms with van der Waals surface area (Å²) in [5.41, 5.74) is -0.304. The third-order valence-electron chi connectivity index (χ3n) is 2.29. The molecule has 0 amide bonds. The minimum Gasteiger partial charge on any atom is -0.334 e. The van der Waals surface area contributed by atoms with Gasteiger partial charge < -0.3 is 9.84 Å². The Morgan fingerprint density at radius 3 is 2.61 bits per heavy atom. The van der Waals surface area contributed by atoms with Crippen LogP contribution in [0.25, 0.3) is 11.5 Å². The number of nitrogens with one attached hydrogen (secondary N) is 1. The van der Waals surface area contributed by atoms with Gasteiger partial charge in [0.25, 0.3) is 5.89 Å². The fourth-order valence-corrected chi connectivity index (χ4v) is 1.84. The second-order valence-electron chi connectivity index (χ2n) is 3.61. The Morgan fingerprint density at radius 1 is 1.33 bits per heavy atom. The number of halogens is 3. The molecule has 2 aromatic rings. The summed E-state index contributed by atoms with van der Waals surface area (Å²) in [5.74, 6) is -1.24. The van der Waals surface area contributed by atoms with Crippen molar-refractivity contribution in [2.75, 3.05) is 13.6 Å². The fourth-order valence-electron chi connectivity index (χ4n) is 1.44. The van der Waals surface area contributed by atoms with Gasteiger partial charge in [-0.25, -0.2) is 8.78 Å². The zero-order valence-corrected chi connectivity index (χ0v) is 11.1. The van der Waals surface area contributed by atoms with Crippen LogP contribution in [0.1, 0.15) is 5.82 Å². The van der Waals surface area contributed by atoms with E-state index in [1.807, 2.05) is 0 Å². The van der Waals surface area contributed by atoms with Gasteiger partial charge in [0.1, 0.15) is 17.2 Å². The van der Waals surface area contributed by atoms with Gasteiger partial charge in [0.2, 0.25) is 0 Å². The van der Waals surface area contributed by atoms with Gasteiger partial charge in [-0.2, -0.15) is 4.98 Å². The minimum atomic E-state index is -0.745. The summed E-state index contributed by atoms with van der Waals surface area (Å²) in [6.45, 7) is 0.657. The Bertz CT molecular complexity index is 536. The Kier molecular flexibility index (Phi) is 4.03. The van der Waals surface area contributed by atoms with Crippen molar-refractivity contribution < 1.29 is 13.3 Å². The largest absolute Gasteiger partial charge is 0.334 e. The number of aromatic nitrogens is 2.